The summed E-state index contributed by atoms with van der Waals surface area (Å²) in [6.45, 7) is 0.861. The minimum atomic E-state index is -0.553. The number of rotatable bonds is 0. The molecule has 1 rings (SSSR count). The molecule has 1 aliphatic heterocycles. The maximum absolute atomic E-state index is 8.42. The molecule has 46 valence electrons. The van der Waals surface area contributed by atoms with Gasteiger partial charge in [0, 0.05) is 6.54 Å². The first-order valence-electron chi connectivity index (χ1n) is 2.65. The molecule has 1 fully saturated rings. The average Bonchev–Trinajstić information content (AvgIpc) is 2.12. The molecule has 1 aliphatic rings. The Labute approximate surface area is 47.6 Å². The summed E-state index contributed by atoms with van der Waals surface area (Å²) in [5.41, 5.74) is 0.574. The molecule has 0 bridgehead atoms. The van der Waals surface area contributed by atoms with Crippen LogP contribution in [0.4, 0.5) is 0 Å². The highest BCUT2D eigenvalue weighted by molar-refractivity contribution is 5.02. The second kappa shape index (κ2) is 1.94. The molecule has 0 aliphatic carbocycles. The molecule has 1 saturated heterocycles. The standard InChI is InChI=1S/C5H9NO2/c7-5(8)4-2-1-3-6-4/h6-8H,1-3H2. The fourth-order valence-corrected chi connectivity index (χ4v) is 0.784. The zero-order valence-corrected chi connectivity index (χ0v) is 4.52. The molecule has 1 heterocycles. The van der Waals surface area contributed by atoms with Crippen molar-refractivity contribution in [2.24, 2.45) is 0 Å². The third-order valence-electron chi connectivity index (χ3n) is 1.21. The lowest BCUT2D eigenvalue weighted by atomic mass is 10.3. The molecule has 8 heavy (non-hydrogen) atoms. The van der Waals surface area contributed by atoms with Gasteiger partial charge in [0.05, 0.1) is 5.70 Å². The van der Waals surface area contributed by atoms with E-state index in [1.54, 1.807) is 0 Å². The molecule has 0 saturated carbocycles. The number of aliphatic hydroxyl groups excluding tert-OH is 1. The van der Waals surface area contributed by atoms with Crippen molar-refractivity contribution in [1.29, 1.82) is 0 Å². The van der Waals surface area contributed by atoms with Crippen molar-refractivity contribution in [2.75, 3.05) is 6.54 Å². The topological polar surface area (TPSA) is 52.5 Å². The van der Waals surface area contributed by atoms with E-state index in [9.17, 15) is 0 Å². The van der Waals surface area contributed by atoms with Crippen molar-refractivity contribution in [3.05, 3.63) is 11.6 Å². The summed E-state index contributed by atoms with van der Waals surface area (Å²) in [6.07, 6.45) is 1.77. The van der Waals surface area contributed by atoms with Gasteiger partial charge in [-0.3, -0.25) is 0 Å². The molecule has 0 amide bonds. The van der Waals surface area contributed by atoms with Crippen molar-refractivity contribution in [2.45, 2.75) is 12.8 Å². The van der Waals surface area contributed by atoms with Crippen molar-refractivity contribution in [3.8, 4) is 0 Å². The maximum atomic E-state index is 8.42. The average molecular weight is 115 g/mol. The van der Waals surface area contributed by atoms with Gasteiger partial charge in [0.25, 0.3) is 5.95 Å². The van der Waals surface area contributed by atoms with Crippen LogP contribution in [-0.2, 0) is 0 Å². The van der Waals surface area contributed by atoms with Gasteiger partial charge in [-0.1, -0.05) is 0 Å². The Kier molecular flexibility index (Phi) is 1.28. The molecule has 3 N–H and O–H groups in total. The van der Waals surface area contributed by atoms with E-state index in [4.69, 9.17) is 10.2 Å². The van der Waals surface area contributed by atoms with Gasteiger partial charge in [-0.2, -0.15) is 0 Å². The van der Waals surface area contributed by atoms with Gasteiger partial charge in [-0.25, -0.2) is 0 Å². The Bertz CT molecular complexity index is 108. The van der Waals surface area contributed by atoms with Gasteiger partial charge in [0.15, 0.2) is 0 Å². The Hall–Kier alpha value is -0.860. The summed E-state index contributed by atoms with van der Waals surface area (Å²) >= 11 is 0. The van der Waals surface area contributed by atoms with Crippen LogP contribution in [-0.4, -0.2) is 16.8 Å². The van der Waals surface area contributed by atoms with Gasteiger partial charge in [0.2, 0.25) is 0 Å². The third kappa shape index (κ3) is 0.857. The molecule has 0 atom stereocenters. The molecule has 0 aromatic rings. The molecular weight excluding hydrogens is 106 g/mol. The second-order valence-electron chi connectivity index (χ2n) is 1.83. The van der Waals surface area contributed by atoms with Gasteiger partial charge in [-0.05, 0) is 12.8 Å². The van der Waals surface area contributed by atoms with Crippen LogP contribution in [0.1, 0.15) is 12.8 Å². The fourth-order valence-electron chi connectivity index (χ4n) is 0.784. The Morgan fingerprint density at radius 2 is 2.25 bits per heavy atom. The van der Waals surface area contributed by atoms with Crippen molar-refractivity contribution < 1.29 is 10.2 Å². The highest BCUT2D eigenvalue weighted by Gasteiger charge is 2.09. The monoisotopic (exact) mass is 115 g/mol. The van der Waals surface area contributed by atoms with Crippen LogP contribution in [0.25, 0.3) is 0 Å². The van der Waals surface area contributed by atoms with Crippen molar-refractivity contribution in [1.82, 2.24) is 5.32 Å². The largest absolute Gasteiger partial charge is 0.480 e. The van der Waals surface area contributed by atoms with E-state index in [1.807, 2.05) is 0 Å². The van der Waals surface area contributed by atoms with Crippen LogP contribution in [0, 0.1) is 0 Å². The predicted molar refractivity (Wildman–Crippen MR) is 29.5 cm³/mol. The lowest BCUT2D eigenvalue weighted by molar-refractivity contribution is 0.182. The summed E-state index contributed by atoms with van der Waals surface area (Å²) in [4.78, 5) is 0. The van der Waals surface area contributed by atoms with Gasteiger partial charge in [-0.15, -0.1) is 0 Å². The summed E-state index contributed by atoms with van der Waals surface area (Å²) < 4.78 is 0. The first-order chi connectivity index (χ1) is 3.80. The van der Waals surface area contributed by atoms with E-state index in [0.29, 0.717) is 5.70 Å². The summed E-state index contributed by atoms with van der Waals surface area (Å²) in [6, 6.07) is 0. The Morgan fingerprint density at radius 1 is 1.50 bits per heavy atom. The van der Waals surface area contributed by atoms with E-state index in [1.165, 1.54) is 0 Å². The van der Waals surface area contributed by atoms with Crippen LogP contribution >= 0.6 is 0 Å². The number of hydrogen-bond acceptors (Lipinski definition) is 3. The van der Waals surface area contributed by atoms with Crippen LogP contribution < -0.4 is 5.32 Å². The van der Waals surface area contributed by atoms with E-state index in [2.05, 4.69) is 5.32 Å². The second-order valence-corrected chi connectivity index (χ2v) is 1.83. The van der Waals surface area contributed by atoms with Crippen molar-refractivity contribution >= 4 is 0 Å². The maximum Gasteiger partial charge on any atom is 0.294 e. The van der Waals surface area contributed by atoms with Crippen LogP contribution in [0.3, 0.4) is 0 Å². The minimum absolute atomic E-state index is 0.553. The number of aliphatic hydroxyl groups is 2. The third-order valence-corrected chi connectivity index (χ3v) is 1.21. The first-order valence-corrected chi connectivity index (χ1v) is 2.65. The fraction of sp³-hybridized carbons (Fsp3) is 0.600. The van der Waals surface area contributed by atoms with E-state index in [-0.39, 0.29) is 0 Å². The molecule has 0 aromatic heterocycles. The number of allylic oxidation sites excluding steroid dienone is 1. The quantitative estimate of drug-likeness (QED) is 0.406. The van der Waals surface area contributed by atoms with E-state index >= 15 is 0 Å². The Morgan fingerprint density at radius 3 is 2.50 bits per heavy atom. The minimum Gasteiger partial charge on any atom is -0.480 e. The van der Waals surface area contributed by atoms with Crippen molar-refractivity contribution in [3.63, 3.8) is 0 Å². The number of nitrogens with one attached hydrogen (secondary N) is 1. The highest BCUT2D eigenvalue weighted by atomic mass is 16.5. The predicted octanol–water partition coefficient (Wildman–Crippen LogP) is 0.655. The smallest absolute Gasteiger partial charge is 0.294 e. The van der Waals surface area contributed by atoms with E-state index < -0.39 is 5.95 Å². The first kappa shape index (κ1) is 5.28. The zero-order valence-electron chi connectivity index (χ0n) is 4.52. The van der Waals surface area contributed by atoms with E-state index in [0.717, 1.165) is 19.4 Å². The molecule has 0 radical (unpaired) electrons. The molecule has 0 unspecified atom stereocenters. The Balaban J connectivity index is 2.58. The summed E-state index contributed by atoms with van der Waals surface area (Å²) in [5.74, 6) is -0.553. The molecule has 3 heteroatoms. The van der Waals surface area contributed by atoms with Gasteiger partial charge < -0.3 is 15.5 Å². The SMILES string of the molecule is OC(O)=C1CCCN1. The molecule has 3 nitrogen and oxygen atoms in total. The zero-order chi connectivity index (χ0) is 5.98. The summed E-state index contributed by atoms with van der Waals surface area (Å²) in [7, 11) is 0. The molecule has 0 spiro atoms. The van der Waals surface area contributed by atoms with Gasteiger partial charge in [0.1, 0.15) is 0 Å². The highest BCUT2D eigenvalue weighted by Crippen LogP contribution is 2.09. The molecular formula is C5H9NO2. The lowest BCUT2D eigenvalue weighted by Gasteiger charge is -1.94. The number of hydrogen-bond donors (Lipinski definition) is 3. The normalized spacial score (nSPS) is 18.2. The van der Waals surface area contributed by atoms with Crippen LogP contribution in [0.15, 0.2) is 11.6 Å². The van der Waals surface area contributed by atoms with Gasteiger partial charge >= 0.3 is 0 Å². The summed E-state index contributed by atoms with van der Waals surface area (Å²) in [5, 5.41) is 19.7. The van der Waals surface area contributed by atoms with Crippen LogP contribution in [0.5, 0.6) is 0 Å². The lowest BCUT2D eigenvalue weighted by Crippen LogP contribution is -2.06. The van der Waals surface area contributed by atoms with Crippen LogP contribution in [0.2, 0.25) is 0 Å². The molecule has 0 aromatic carbocycles.